The lowest BCUT2D eigenvalue weighted by Crippen LogP contribution is -2.38. The van der Waals surface area contributed by atoms with Crippen molar-refractivity contribution in [3.8, 4) is 5.75 Å². The minimum Gasteiger partial charge on any atom is -0.508 e. The quantitative estimate of drug-likeness (QED) is 0.562. The molecule has 0 unspecified atom stereocenters. The Morgan fingerprint density at radius 2 is 1.87 bits per heavy atom. The van der Waals surface area contributed by atoms with Crippen LogP contribution in [0.3, 0.4) is 0 Å². The van der Waals surface area contributed by atoms with E-state index in [-0.39, 0.29) is 5.75 Å². The van der Waals surface area contributed by atoms with Gasteiger partial charge < -0.3 is 15.7 Å². The summed E-state index contributed by atoms with van der Waals surface area (Å²) in [6.45, 7) is 4.13. The topological polar surface area (TPSA) is 56.7 Å². The van der Waals surface area contributed by atoms with Gasteiger partial charge in [0.25, 0.3) is 0 Å². The van der Waals surface area contributed by atoms with Gasteiger partial charge in [0, 0.05) is 18.1 Å². The van der Waals surface area contributed by atoms with Crippen LogP contribution in [0.15, 0.2) is 53.5 Å². The minimum absolute atomic E-state index is 0.262. The van der Waals surface area contributed by atoms with Gasteiger partial charge in [-0.1, -0.05) is 35.9 Å². The van der Waals surface area contributed by atoms with E-state index in [1.54, 1.807) is 12.1 Å². The van der Waals surface area contributed by atoms with Crippen LogP contribution in [0.4, 0.5) is 0 Å². The molecule has 0 aliphatic carbocycles. The van der Waals surface area contributed by atoms with Gasteiger partial charge in [0.15, 0.2) is 5.96 Å². The highest BCUT2D eigenvalue weighted by Gasteiger charge is 1.99. The van der Waals surface area contributed by atoms with E-state index in [2.05, 4.69) is 15.6 Å². The van der Waals surface area contributed by atoms with Crippen LogP contribution < -0.4 is 10.6 Å². The molecular formula is C18H22ClN3O. The lowest BCUT2D eigenvalue weighted by Gasteiger charge is -2.11. The lowest BCUT2D eigenvalue weighted by atomic mass is 10.1. The maximum absolute atomic E-state index is 9.48. The number of hydrogen-bond donors (Lipinski definition) is 3. The summed E-state index contributed by atoms with van der Waals surface area (Å²) >= 11 is 5.89. The third-order valence-corrected chi connectivity index (χ3v) is 3.55. The first-order valence-corrected chi connectivity index (χ1v) is 8.09. The Balaban J connectivity index is 1.87. The van der Waals surface area contributed by atoms with Gasteiger partial charge in [0.2, 0.25) is 0 Å². The average molecular weight is 332 g/mol. The highest BCUT2D eigenvalue weighted by atomic mass is 35.5. The second-order valence-electron chi connectivity index (χ2n) is 5.17. The summed E-state index contributed by atoms with van der Waals surface area (Å²) in [6, 6.07) is 15.0. The predicted octanol–water partition coefficient (Wildman–Crippen LogP) is 3.34. The number of aliphatic imine (C=N–C) groups is 1. The van der Waals surface area contributed by atoms with E-state index < -0.39 is 0 Å². The highest BCUT2D eigenvalue weighted by molar-refractivity contribution is 6.30. The molecule has 0 heterocycles. The number of guanidine groups is 1. The second-order valence-corrected chi connectivity index (χ2v) is 5.60. The number of phenolic OH excluding ortho intramolecular Hbond substituents is 1. The SMILES string of the molecule is CCNC(=NCc1cccc(O)c1)NCCc1ccc(Cl)cc1. The van der Waals surface area contributed by atoms with E-state index >= 15 is 0 Å². The van der Waals surface area contributed by atoms with Crippen molar-refractivity contribution in [2.24, 2.45) is 4.99 Å². The van der Waals surface area contributed by atoms with Crippen molar-refractivity contribution in [1.29, 1.82) is 0 Å². The first-order chi connectivity index (χ1) is 11.2. The van der Waals surface area contributed by atoms with E-state index in [1.807, 2.05) is 43.3 Å². The molecule has 0 spiro atoms. The average Bonchev–Trinajstić information content (AvgIpc) is 2.54. The molecule has 23 heavy (non-hydrogen) atoms. The summed E-state index contributed by atoms with van der Waals surface area (Å²) in [5.74, 6) is 1.03. The van der Waals surface area contributed by atoms with Gasteiger partial charge in [-0.3, -0.25) is 0 Å². The van der Waals surface area contributed by atoms with Crippen LogP contribution in [0.25, 0.3) is 0 Å². The Morgan fingerprint density at radius 3 is 2.57 bits per heavy atom. The number of hydrogen-bond acceptors (Lipinski definition) is 2. The molecular weight excluding hydrogens is 310 g/mol. The zero-order chi connectivity index (χ0) is 16.5. The van der Waals surface area contributed by atoms with E-state index in [0.717, 1.165) is 36.1 Å². The van der Waals surface area contributed by atoms with Crippen LogP contribution in [-0.2, 0) is 13.0 Å². The van der Waals surface area contributed by atoms with E-state index in [4.69, 9.17) is 11.6 Å². The van der Waals surface area contributed by atoms with Crippen LogP contribution in [0.2, 0.25) is 5.02 Å². The number of aromatic hydroxyl groups is 1. The molecule has 0 radical (unpaired) electrons. The third-order valence-electron chi connectivity index (χ3n) is 3.29. The van der Waals surface area contributed by atoms with Crippen LogP contribution >= 0.6 is 11.6 Å². The second kappa shape index (κ2) is 9.06. The lowest BCUT2D eigenvalue weighted by molar-refractivity contribution is 0.474. The van der Waals surface area contributed by atoms with Crippen LogP contribution in [0.1, 0.15) is 18.1 Å². The molecule has 2 aromatic carbocycles. The number of halogens is 1. The Labute approximate surface area is 142 Å². The van der Waals surface area contributed by atoms with Crippen LogP contribution in [0, 0.1) is 0 Å². The fraction of sp³-hybridized carbons (Fsp3) is 0.278. The standard InChI is InChI=1S/C18H22ClN3O/c1-2-20-18(22-13-15-4-3-5-17(23)12-15)21-11-10-14-6-8-16(19)9-7-14/h3-9,12,23H,2,10-11,13H2,1H3,(H2,20,21,22). The largest absolute Gasteiger partial charge is 0.508 e. The van der Waals surface area contributed by atoms with Gasteiger partial charge in [-0.25, -0.2) is 4.99 Å². The molecule has 0 bridgehead atoms. The molecule has 4 nitrogen and oxygen atoms in total. The van der Waals surface area contributed by atoms with Gasteiger partial charge in [0.05, 0.1) is 6.54 Å². The Kier molecular flexibility index (Phi) is 6.76. The molecule has 122 valence electrons. The zero-order valence-corrected chi connectivity index (χ0v) is 14.0. The summed E-state index contributed by atoms with van der Waals surface area (Å²) in [6.07, 6.45) is 0.897. The Bertz CT molecular complexity index is 641. The molecule has 0 aliphatic heterocycles. The molecule has 0 amide bonds. The number of phenols is 1. The minimum atomic E-state index is 0.262. The monoisotopic (exact) mass is 331 g/mol. The molecule has 0 fully saturated rings. The van der Waals surface area contributed by atoms with E-state index in [9.17, 15) is 5.11 Å². The highest BCUT2D eigenvalue weighted by Crippen LogP contribution is 2.11. The summed E-state index contributed by atoms with van der Waals surface area (Å²) in [7, 11) is 0. The molecule has 5 heteroatoms. The van der Waals surface area contributed by atoms with Crippen LogP contribution in [-0.4, -0.2) is 24.2 Å². The van der Waals surface area contributed by atoms with Gasteiger partial charge in [-0.2, -0.15) is 0 Å². The molecule has 2 rings (SSSR count). The number of nitrogens with one attached hydrogen (secondary N) is 2. The molecule has 0 aromatic heterocycles. The smallest absolute Gasteiger partial charge is 0.191 e. The third kappa shape index (κ3) is 6.20. The fourth-order valence-electron chi connectivity index (χ4n) is 2.14. The van der Waals surface area contributed by atoms with Crippen molar-refractivity contribution in [1.82, 2.24) is 10.6 Å². The fourth-order valence-corrected chi connectivity index (χ4v) is 2.27. The van der Waals surface area contributed by atoms with Crippen molar-refractivity contribution in [2.45, 2.75) is 19.9 Å². The zero-order valence-electron chi connectivity index (χ0n) is 13.2. The summed E-state index contributed by atoms with van der Waals surface area (Å²) < 4.78 is 0. The summed E-state index contributed by atoms with van der Waals surface area (Å²) in [5, 5.41) is 16.8. The molecule has 2 aromatic rings. The van der Waals surface area contributed by atoms with Crippen LogP contribution in [0.5, 0.6) is 5.75 Å². The molecule has 0 saturated carbocycles. The Hall–Kier alpha value is -2.20. The van der Waals surface area contributed by atoms with Crippen molar-refractivity contribution < 1.29 is 5.11 Å². The van der Waals surface area contributed by atoms with Gasteiger partial charge >= 0.3 is 0 Å². The Morgan fingerprint density at radius 1 is 1.09 bits per heavy atom. The summed E-state index contributed by atoms with van der Waals surface area (Å²) in [5.41, 5.74) is 2.20. The first kappa shape index (κ1) is 17.2. The molecule has 3 N–H and O–H groups in total. The maximum atomic E-state index is 9.48. The molecule has 0 aliphatic rings. The van der Waals surface area contributed by atoms with Gasteiger partial charge in [0.1, 0.15) is 5.75 Å². The maximum Gasteiger partial charge on any atom is 0.191 e. The molecule has 0 atom stereocenters. The van der Waals surface area contributed by atoms with Crippen molar-refractivity contribution in [3.05, 3.63) is 64.7 Å². The molecule has 0 saturated heterocycles. The van der Waals surface area contributed by atoms with Crippen molar-refractivity contribution in [3.63, 3.8) is 0 Å². The van der Waals surface area contributed by atoms with E-state index in [0.29, 0.717) is 6.54 Å². The summed E-state index contributed by atoms with van der Waals surface area (Å²) in [4.78, 5) is 4.53. The number of rotatable bonds is 6. The van der Waals surface area contributed by atoms with Crippen molar-refractivity contribution in [2.75, 3.05) is 13.1 Å². The predicted molar refractivity (Wildman–Crippen MR) is 96.1 cm³/mol. The van der Waals surface area contributed by atoms with E-state index in [1.165, 1.54) is 5.56 Å². The van der Waals surface area contributed by atoms with Gasteiger partial charge in [-0.15, -0.1) is 0 Å². The van der Waals surface area contributed by atoms with Gasteiger partial charge in [-0.05, 0) is 48.7 Å². The first-order valence-electron chi connectivity index (χ1n) is 7.72. The van der Waals surface area contributed by atoms with Crippen molar-refractivity contribution >= 4 is 17.6 Å². The number of benzene rings is 2. The number of nitrogens with zero attached hydrogens (tertiary/aromatic N) is 1. The normalized spacial score (nSPS) is 11.3.